The van der Waals surface area contributed by atoms with Crippen molar-refractivity contribution < 1.29 is 13.9 Å². The number of carbonyl (C=O) groups excluding carboxylic acids is 1. The molecule has 0 saturated carbocycles. The van der Waals surface area contributed by atoms with E-state index in [0.29, 0.717) is 36.1 Å². The van der Waals surface area contributed by atoms with Gasteiger partial charge in [-0.1, -0.05) is 19.9 Å². The van der Waals surface area contributed by atoms with Crippen molar-refractivity contribution in [3.05, 3.63) is 53.5 Å². The van der Waals surface area contributed by atoms with Crippen LogP contribution in [0.1, 0.15) is 82.1 Å². The summed E-state index contributed by atoms with van der Waals surface area (Å²) in [6.07, 6.45) is 7.02. The third-order valence-electron chi connectivity index (χ3n) is 10.1. The maximum Gasteiger partial charge on any atom is 0.254 e. The van der Waals surface area contributed by atoms with Crippen molar-refractivity contribution in [1.82, 2.24) is 24.5 Å². The number of hydrogen-bond donors (Lipinski definition) is 0. The molecule has 0 unspecified atom stereocenters. The van der Waals surface area contributed by atoms with Gasteiger partial charge in [0.15, 0.2) is 0 Å². The van der Waals surface area contributed by atoms with Gasteiger partial charge in [0.1, 0.15) is 5.82 Å². The lowest BCUT2D eigenvalue weighted by molar-refractivity contribution is 0.0356. The van der Waals surface area contributed by atoms with Crippen LogP contribution in [0.3, 0.4) is 0 Å². The zero-order valence-electron chi connectivity index (χ0n) is 27.9. The van der Waals surface area contributed by atoms with E-state index in [1.807, 2.05) is 45.8 Å². The summed E-state index contributed by atoms with van der Waals surface area (Å²) in [7, 11) is 3.79. The lowest BCUT2D eigenvalue weighted by Crippen LogP contribution is -2.52. The minimum absolute atomic E-state index is 0.0195. The van der Waals surface area contributed by atoms with Crippen LogP contribution in [0.4, 0.5) is 4.39 Å². The highest BCUT2D eigenvalue weighted by Crippen LogP contribution is 2.39. The molecule has 1 atom stereocenters. The average molecular weight is 606 g/mol. The molecule has 2 aliphatic heterocycles. The molecule has 0 aliphatic carbocycles. The Kier molecular flexibility index (Phi) is 10.4. The average Bonchev–Trinajstić information content (AvgIpc) is 3.36. The summed E-state index contributed by atoms with van der Waals surface area (Å²) in [5, 5.41) is 5.55. The minimum atomic E-state index is -0.399. The fraction of sp³-hybridized carbons (Fsp3) is 0.611. The van der Waals surface area contributed by atoms with Gasteiger partial charge in [-0.2, -0.15) is 5.10 Å². The lowest BCUT2D eigenvalue weighted by atomic mass is 9.84. The number of amides is 1. The number of methoxy groups -OCH3 is 1. The van der Waals surface area contributed by atoms with Crippen LogP contribution in [0.15, 0.2) is 36.5 Å². The molecule has 8 heteroatoms. The van der Waals surface area contributed by atoms with Gasteiger partial charge >= 0.3 is 0 Å². The number of aromatic nitrogens is 2. The molecule has 2 fully saturated rings. The second-order valence-electron chi connectivity index (χ2n) is 13.5. The van der Waals surface area contributed by atoms with E-state index in [1.165, 1.54) is 37.1 Å². The molecule has 0 radical (unpaired) electrons. The van der Waals surface area contributed by atoms with E-state index in [2.05, 4.69) is 40.9 Å². The Morgan fingerprint density at radius 1 is 1.09 bits per heavy atom. The van der Waals surface area contributed by atoms with Crippen LogP contribution < -0.4 is 0 Å². The highest BCUT2D eigenvalue weighted by molar-refractivity contribution is 6.05. The first-order chi connectivity index (χ1) is 21.1. The second kappa shape index (κ2) is 14.1. The lowest BCUT2D eigenvalue weighted by Gasteiger charge is -2.46. The first-order valence-corrected chi connectivity index (χ1v) is 16.7. The van der Waals surface area contributed by atoms with Gasteiger partial charge in [0.25, 0.3) is 5.91 Å². The van der Waals surface area contributed by atoms with Crippen molar-refractivity contribution >= 4 is 16.8 Å². The van der Waals surface area contributed by atoms with Crippen molar-refractivity contribution in [2.45, 2.75) is 84.4 Å². The molecule has 3 heterocycles. The Hall–Kier alpha value is -2.81. The number of carbonyl (C=O) groups is 1. The Morgan fingerprint density at radius 3 is 2.45 bits per heavy atom. The van der Waals surface area contributed by atoms with Crippen molar-refractivity contribution in [3.63, 3.8) is 0 Å². The maximum absolute atomic E-state index is 14.6. The first-order valence-electron chi connectivity index (χ1n) is 16.7. The fourth-order valence-corrected chi connectivity index (χ4v) is 7.38. The minimum Gasteiger partial charge on any atom is -0.381 e. The van der Waals surface area contributed by atoms with Gasteiger partial charge in [-0.05, 0) is 99.9 Å². The zero-order valence-corrected chi connectivity index (χ0v) is 27.9. The summed E-state index contributed by atoms with van der Waals surface area (Å²) < 4.78 is 22.0. The van der Waals surface area contributed by atoms with E-state index in [0.717, 1.165) is 61.1 Å². The third-order valence-corrected chi connectivity index (χ3v) is 10.1. The Labute approximate surface area is 263 Å². The van der Waals surface area contributed by atoms with Gasteiger partial charge in [0.05, 0.1) is 23.4 Å². The molecule has 0 bridgehead atoms. The second-order valence-corrected chi connectivity index (χ2v) is 13.5. The highest BCUT2D eigenvalue weighted by Gasteiger charge is 2.35. The van der Waals surface area contributed by atoms with Gasteiger partial charge in [-0.25, -0.2) is 4.39 Å². The summed E-state index contributed by atoms with van der Waals surface area (Å²) in [4.78, 5) is 20.8. The molecule has 240 valence electrons. The topological polar surface area (TPSA) is 53.8 Å². The third kappa shape index (κ3) is 6.87. The molecule has 5 rings (SSSR count). The molecule has 44 heavy (non-hydrogen) atoms. The van der Waals surface area contributed by atoms with E-state index >= 15 is 0 Å². The smallest absolute Gasteiger partial charge is 0.254 e. The summed E-state index contributed by atoms with van der Waals surface area (Å²) in [6.45, 7) is 16.7. The molecule has 2 saturated heterocycles. The Balaban J connectivity index is 1.35. The largest absolute Gasteiger partial charge is 0.381 e. The van der Waals surface area contributed by atoms with E-state index in [1.54, 1.807) is 11.0 Å². The van der Waals surface area contributed by atoms with Crippen LogP contribution in [-0.2, 0) is 11.8 Å². The van der Waals surface area contributed by atoms with Crippen LogP contribution in [-0.4, -0.2) is 95.0 Å². The molecular weight excluding hydrogens is 553 g/mol. The molecule has 0 N–H and O–H groups in total. The van der Waals surface area contributed by atoms with E-state index in [9.17, 15) is 9.18 Å². The van der Waals surface area contributed by atoms with Crippen LogP contribution >= 0.6 is 0 Å². The van der Waals surface area contributed by atoms with Crippen molar-refractivity contribution in [1.29, 1.82) is 0 Å². The summed E-state index contributed by atoms with van der Waals surface area (Å²) >= 11 is 0. The van der Waals surface area contributed by atoms with E-state index in [-0.39, 0.29) is 11.9 Å². The number of hydrogen-bond acceptors (Lipinski definition) is 5. The van der Waals surface area contributed by atoms with Crippen LogP contribution in [0.5, 0.6) is 0 Å². The number of nitrogens with zero attached hydrogens (tertiary/aromatic N) is 5. The number of rotatable bonds is 12. The molecule has 0 spiro atoms. The summed E-state index contributed by atoms with van der Waals surface area (Å²) in [5.41, 5.74) is 4.41. The monoisotopic (exact) mass is 605 g/mol. The standard InChI is InChI=1S/C36H52FN5O2/c1-8-42(25(4)5)36(43)32-20-28(37)11-12-30(32)31-18-26(19-35-33(31)21-38-39(35)6)27-22-41(23-27)34(24(2)3)10-9-15-40-16-13-29(44-7)14-17-40/h11-12,18-21,24-25,27,29,34H,8-10,13-17,22-23H2,1-7H3/t34-/m0/s1. The Bertz CT molecular complexity index is 1420. The molecule has 2 aliphatic rings. The van der Waals surface area contributed by atoms with Crippen LogP contribution in [0, 0.1) is 11.7 Å². The number of likely N-dealkylation sites (tertiary alicyclic amines) is 2. The van der Waals surface area contributed by atoms with E-state index < -0.39 is 5.82 Å². The summed E-state index contributed by atoms with van der Waals surface area (Å²) in [6, 6.07) is 9.71. The number of halogens is 1. The SMILES string of the molecule is CCN(C(=O)c1cc(F)ccc1-c1cc(C2CN([C@@H](CCCN3CCC(OC)CC3)C(C)C)C2)cc2c1cnn2C)C(C)C. The normalized spacial score (nSPS) is 18.0. The first kappa shape index (κ1) is 32.6. The van der Waals surface area contributed by atoms with Gasteiger partial charge in [-0.15, -0.1) is 0 Å². The quantitative estimate of drug-likeness (QED) is 0.234. The number of benzene rings is 2. The molecule has 7 nitrogen and oxygen atoms in total. The van der Waals surface area contributed by atoms with Crippen molar-refractivity contribution in [3.8, 4) is 11.1 Å². The maximum atomic E-state index is 14.6. The molecule has 2 aromatic carbocycles. The van der Waals surface area contributed by atoms with Crippen molar-refractivity contribution in [2.24, 2.45) is 13.0 Å². The number of aryl methyl sites for hydroxylation is 1. The van der Waals surface area contributed by atoms with Crippen molar-refractivity contribution in [2.75, 3.05) is 46.4 Å². The van der Waals surface area contributed by atoms with Gasteiger partial charge in [-0.3, -0.25) is 14.4 Å². The predicted octanol–water partition coefficient (Wildman–Crippen LogP) is 6.56. The Morgan fingerprint density at radius 2 is 1.82 bits per heavy atom. The molecule has 1 aromatic heterocycles. The zero-order chi connectivity index (χ0) is 31.5. The number of ether oxygens (including phenoxy) is 1. The van der Waals surface area contributed by atoms with Crippen LogP contribution in [0.2, 0.25) is 0 Å². The number of piperidine rings is 1. The summed E-state index contributed by atoms with van der Waals surface area (Å²) in [5.74, 6) is 0.465. The van der Waals surface area contributed by atoms with Gasteiger partial charge in [0, 0.05) is 70.3 Å². The van der Waals surface area contributed by atoms with Crippen LogP contribution in [0.25, 0.3) is 22.0 Å². The number of fused-ring (bicyclic) bond motifs is 1. The molecule has 3 aromatic rings. The molecule has 1 amide bonds. The van der Waals surface area contributed by atoms with Gasteiger partial charge in [0.2, 0.25) is 0 Å². The van der Waals surface area contributed by atoms with E-state index in [4.69, 9.17) is 4.74 Å². The fourth-order valence-electron chi connectivity index (χ4n) is 7.38. The molecular formula is C36H52FN5O2. The van der Waals surface area contributed by atoms with Gasteiger partial charge < -0.3 is 14.5 Å². The predicted molar refractivity (Wildman–Crippen MR) is 177 cm³/mol. The highest BCUT2D eigenvalue weighted by atomic mass is 19.1.